The summed E-state index contributed by atoms with van der Waals surface area (Å²) in [6, 6.07) is 13.8. The van der Waals surface area contributed by atoms with Gasteiger partial charge in [0.15, 0.2) is 12.5 Å². The van der Waals surface area contributed by atoms with Crippen LogP contribution in [0.25, 0.3) is 0 Å². The molecule has 2 aromatic rings. The maximum atomic E-state index is 11.6. The minimum Gasteiger partial charge on any atom is -0.336 e. The van der Waals surface area contributed by atoms with Gasteiger partial charge in [-0.3, -0.25) is 4.55 Å². The molecule has 6 nitrogen and oxygen atoms in total. The normalized spacial score (nSPS) is 24.0. The summed E-state index contributed by atoms with van der Waals surface area (Å²) in [5.41, 5.74) is 1.22. The van der Waals surface area contributed by atoms with Crippen molar-refractivity contribution >= 4 is 33.5 Å². The second-order valence-corrected chi connectivity index (χ2v) is 7.80. The molecular weight excluding hydrogens is 389 g/mol. The third-order valence-corrected chi connectivity index (χ3v) is 5.35. The van der Waals surface area contributed by atoms with Crippen LogP contribution in [0.2, 0.25) is 10.0 Å². The van der Waals surface area contributed by atoms with E-state index in [0.29, 0.717) is 25.5 Å². The van der Waals surface area contributed by atoms with Gasteiger partial charge in [-0.25, -0.2) is 0 Å². The second-order valence-electron chi connectivity index (χ2n) is 5.49. The molecule has 1 fully saturated rings. The van der Waals surface area contributed by atoms with Crippen LogP contribution in [0.5, 0.6) is 0 Å². The van der Waals surface area contributed by atoms with Crippen LogP contribution in [0.15, 0.2) is 48.5 Å². The van der Waals surface area contributed by atoms with Gasteiger partial charge in [0.25, 0.3) is 0 Å². The largest absolute Gasteiger partial charge is 0.337 e. The fourth-order valence-electron chi connectivity index (χ4n) is 2.56. The Labute approximate surface area is 155 Å². The molecule has 25 heavy (non-hydrogen) atoms. The summed E-state index contributed by atoms with van der Waals surface area (Å²) in [7, 11) is -3.29. The van der Waals surface area contributed by atoms with Gasteiger partial charge < -0.3 is 9.47 Å². The third kappa shape index (κ3) is 3.98. The number of hydrogen-bond acceptors (Lipinski definition) is 4. The van der Waals surface area contributed by atoms with Crippen LogP contribution >= 0.6 is 23.2 Å². The van der Waals surface area contributed by atoms with Gasteiger partial charge in [-0.1, -0.05) is 59.6 Å². The summed E-state index contributed by atoms with van der Waals surface area (Å²) >= 11 is 12.2. The number of likely N-dealkylation sites (N-methyl/N-ethyl adjacent to an activating group) is 1. The van der Waals surface area contributed by atoms with E-state index < -0.39 is 28.9 Å². The molecule has 0 spiro atoms. The van der Waals surface area contributed by atoms with E-state index >= 15 is 0 Å². The van der Waals surface area contributed by atoms with Gasteiger partial charge in [-0.05, 0) is 12.1 Å². The molecule has 0 aliphatic carbocycles. The fraction of sp³-hybridized carbons (Fsp3) is 0.250. The van der Waals surface area contributed by atoms with Crippen LogP contribution in [0.4, 0.5) is 0 Å². The summed E-state index contributed by atoms with van der Waals surface area (Å²) in [5.74, 6) is 0. The molecule has 0 bridgehead atoms. The monoisotopic (exact) mass is 403 g/mol. The van der Waals surface area contributed by atoms with Crippen molar-refractivity contribution in [3.8, 4) is 0 Å². The zero-order valence-electron chi connectivity index (χ0n) is 13.0. The van der Waals surface area contributed by atoms with Crippen molar-refractivity contribution < 1.29 is 22.4 Å². The lowest BCUT2D eigenvalue weighted by molar-refractivity contribution is -0.0809. The smallest absolute Gasteiger partial charge is 0.336 e. The van der Waals surface area contributed by atoms with Crippen molar-refractivity contribution in [3.63, 3.8) is 0 Å². The van der Waals surface area contributed by atoms with Crippen LogP contribution in [-0.2, 0) is 19.8 Å². The molecule has 0 amide bonds. The molecule has 1 aliphatic rings. The molecule has 0 radical (unpaired) electrons. The molecule has 1 N–H and O–H groups in total. The number of rotatable bonds is 4. The Morgan fingerprint density at radius 1 is 1.08 bits per heavy atom. The molecule has 134 valence electrons. The van der Waals surface area contributed by atoms with Crippen molar-refractivity contribution in [1.82, 2.24) is 4.31 Å². The van der Waals surface area contributed by atoms with E-state index in [1.807, 2.05) is 18.2 Å². The molecule has 9 heteroatoms. The molecule has 3 atom stereocenters. The Bertz CT molecular complexity index is 862. The van der Waals surface area contributed by atoms with E-state index in [1.165, 1.54) is 13.1 Å². The van der Waals surface area contributed by atoms with E-state index in [1.54, 1.807) is 24.3 Å². The van der Waals surface area contributed by atoms with E-state index in [0.717, 1.165) is 0 Å². The second kappa shape index (κ2) is 7.20. The number of benzene rings is 2. The highest BCUT2D eigenvalue weighted by atomic mass is 35.5. The number of nitrogens with zero attached hydrogens (tertiary/aromatic N) is 1. The molecular formula is C16H15Cl2NO5S. The SMILES string of the molecule is CN(C1OC(c2ccccc2)OC1c1ccc(Cl)cc1Cl)S(=O)(=O)O. The van der Waals surface area contributed by atoms with Crippen molar-refractivity contribution in [2.75, 3.05) is 7.05 Å². The molecule has 1 heterocycles. The summed E-state index contributed by atoms with van der Waals surface area (Å²) in [6.45, 7) is 0. The topological polar surface area (TPSA) is 76.1 Å². The van der Waals surface area contributed by atoms with Crippen LogP contribution in [0.1, 0.15) is 23.5 Å². The Morgan fingerprint density at radius 2 is 1.76 bits per heavy atom. The van der Waals surface area contributed by atoms with E-state index in [2.05, 4.69) is 0 Å². The zero-order chi connectivity index (χ0) is 18.2. The maximum Gasteiger partial charge on any atom is 0.337 e. The number of hydrogen-bond donors (Lipinski definition) is 1. The highest BCUT2D eigenvalue weighted by Gasteiger charge is 2.44. The number of ether oxygens (including phenoxy) is 2. The van der Waals surface area contributed by atoms with Crippen molar-refractivity contribution in [1.29, 1.82) is 0 Å². The average molecular weight is 404 g/mol. The van der Waals surface area contributed by atoms with Crippen LogP contribution in [0, 0.1) is 0 Å². The van der Waals surface area contributed by atoms with Gasteiger partial charge in [-0.2, -0.15) is 12.7 Å². The molecule has 0 aromatic heterocycles. The molecule has 1 aliphatic heterocycles. The molecule has 3 rings (SSSR count). The maximum absolute atomic E-state index is 11.6. The minimum absolute atomic E-state index is 0.309. The summed E-state index contributed by atoms with van der Waals surface area (Å²) in [6.07, 6.45) is -2.76. The third-order valence-electron chi connectivity index (χ3n) is 3.86. The van der Waals surface area contributed by atoms with Crippen LogP contribution in [0.3, 0.4) is 0 Å². The fourth-order valence-corrected chi connectivity index (χ4v) is 3.50. The van der Waals surface area contributed by atoms with Gasteiger partial charge in [0.05, 0.1) is 0 Å². The van der Waals surface area contributed by atoms with Crippen molar-refractivity contribution in [3.05, 3.63) is 69.7 Å². The van der Waals surface area contributed by atoms with Crippen LogP contribution < -0.4 is 0 Å². The summed E-state index contributed by atoms with van der Waals surface area (Å²) in [5, 5.41) is 0.746. The van der Waals surface area contributed by atoms with Crippen molar-refractivity contribution in [2.24, 2.45) is 0 Å². The van der Waals surface area contributed by atoms with E-state index in [-0.39, 0.29) is 0 Å². The number of halogens is 2. The zero-order valence-corrected chi connectivity index (χ0v) is 15.4. The van der Waals surface area contributed by atoms with Crippen molar-refractivity contribution in [2.45, 2.75) is 18.6 Å². The highest BCUT2D eigenvalue weighted by molar-refractivity contribution is 7.83. The molecule has 3 unspecified atom stereocenters. The van der Waals surface area contributed by atoms with Gasteiger partial charge in [0.2, 0.25) is 0 Å². The molecule has 2 aromatic carbocycles. The summed E-state index contributed by atoms with van der Waals surface area (Å²) < 4.78 is 44.9. The Balaban J connectivity index is 2.00. The first kappa shape index (κ1) is 18.6. The first-order chi connectivity index (χ1) is 11.8. The van der Waals surface area contributed by atoms with Gasteiger partial charge in [0.1, 0.15) is 6.10 Å². The lowest BCUT2D eigenvalue weighted by Crippen LogP contribution is -2.39. The Kier molecular flexibility index (Phi) is 5.36. The standard InChI is InChI=1S/C16H15Cl2NO5S/c1-19(25(20,21)22)15-14(12-8-7-11(17)9-13(12)18)23-16(24-15)10-5-3-2-4-6-10/h2-9,14-16H,1H3,(H,20,21,22). The lowest BCUT2D eigenvalue weighted by atomic mass is 10.1. The summed E-state index contributed by atoms with van der Waals surface area (Å²) in [4.78, 5) is 0. The average Bonchev–Trinajstić information content (AvgIpc) is 2.99. The van der Waals surface area contributed by atoms with Crippen LogP contribution in [-0.4, -0.2) is 30.6 Å². The molecule has 1 saturated heterocycles. The van der Waals surface area contributed by atoms with Gasteiger partial charge in [0, 0.05) is 28.2 Å². The van der Waals surface area contributed by atoms with E-state index in [9.17, 15) is 13.0 Å². The van der Waals surface area contributed by atoms with Gasteiger partial charge >= 0.3 is 10.3 Å². The Morgan fingerprint density at radius 3 is 2.36 bits per heavy atom. The Hall–Kier alpha value is -1.19. The quantitative estimate of drug-likeness (QED) is 0.784. The van der Waals surface area contributed by atoms with Gasteiger partial charge in [-0.15, -0.1) is 0 Å². The molecule has 0 saturated carbocycles. The predicted octanol–water partition coefficient (Wildman–Crippen LogP) is 3.84. The first-order valence-electron chi connectivity index (χ1n) is 7.28. The van der Waals surface area contributed by atoms with E-state index in [4.69, 9.17) is 32.7 Å². The first-order valence-corrected chi connectivity index (χ1v) is 9.44. The predicted molar refractivity (Wildman–Crippen MR) is 93.7 cm³/mol. The minimum atomic E-state index is -4.49. The highest BCUT2D eigenvalue weighted by Crippen LogP contribution is 2.43. The lowest BCUT2D eigenvalue weighted by Gasteiger charge is -2.24.